The molecule has 0 amide bonds. The number of carbonyl (C=O) groups is 3. The van der Waals surface area contributed by atoms with Crippen LogP contribution in [0.4, 0.5) is 0 Å². The number of ketones is 1. The molecule has 7 rings (SSSR count). The molecule has 0 bridgehead atoms. The Bertz CT molecular complexity index is 1170. The topological polar surface area (TPSA) is 105 Å². The summed E-state index contributed by atoms with van der Waals surface area (Å²) < 4.78 is 30.0. The van der Waals surface area contributed by atoms with E-state index in [1.54, 1.807) is 12.5 Å². The predicted molar refractivity (Wildman–Crippen MR) is 123 cm³/mol. The maximum Gasteiger partial charge on any atom is 0.339 e. The molecule has 4 saturated heterocycles. The minimum absolute atomic E-state index is 0.0143. The van der Waals surface area contributed by atoms with Crippen molar-refractivity contribution in [1.82, 2.24) is 0 Å². The third kappa shape index (κ3) is 2.33. The van der Waals surface area contributed by atoms with Gasteiger partial charge in [-0.3, -0.25) is 9.59 Å². The summed E-state index contributed by atoms with van der Waals surface area (Å²) >= 11 is 0. The molecule has 10 atom stereocenters. The van der Waals surface area contributed by atoms with Crippen molar-refractivity contribution >= 4 is 17.7 Å². The van der Waals surface area contributed by atoms with Crippen molar-refractivity contribution < 1.29 is 37.7 Å². The fraction of sp³-hybridized carbons (Fsp3) is 0.750. The first kappa shape index (κ1) is 23.0. The first-order chi connectivity index (χ1) is 16.9. The lowest BCUT2D eigenvalue weighted by atomic mass is 9.39. The summed E-state index contributed by atoms with van der Waals surface area (Å²) in [7, 11) is 0. The Kier molecular flexibility index (Phi) is 4.22. The van der Waals surface area contributed by atoms with E-state index in [4.69, 9.17) is 23.4 Å². The minimum atomic E-state index is -1.00. The zero-order valence-electron chi connectivity index (χ0n) is 21.5. The maximum absolute atomic E-state index is 14.7. The van der Waals surface area contributed by atoms with Crippen LogP contribution in [0.1, 0.15) is 72.0 Å². The Morgan fingerprint density at radius 3 is 2.36 bits per heavy atom. The van der Waals surface area contributed by atoms with Crippen molar-refractivity contribution in [2.75, 3.05) is 6.61 Å². The van der Waals surface area contributed by atoms with Crippen molar-refractivity contribution in [2.24, 2.45) is 34.0 Å². The van der Waals surface area contributed by atoms with Crippen LogP contribution in [0.3, 0.4) is 0 Å². The van der Waals surface area contributed by atoms with Crippen molar-refractivity contribution in [3.8, 4) is 0 Å². The van der Waals surface area contributed by atoms with Crippen molar-refractivity contribution in [3.05, 3.63) is 24.2 Å². The second-order valence-corrected chi connectivity index (χ2v) is 13.1. The van der Waals surface area contributed by atoms with Crippen LogP contribution in [-0.4, -0.2) is 47.7 Å². The lowest BCUT2D eigenvalue weighted by molar-refractivity contribution is -0.213. The molecule has 36 heavy (non-hydrogen) atoms. The average molecular weight is 499 g/mol. The lowest BCUT2D eigenvalue weighted by Crippen LogP contribution is -2.69. The van der Waals surface area contributed by atoms with Crippen LogP contribution in [0.2, 0.25) is 0 Å². The number of esters is 2. The number of ether oxygens (including phenoxy) is 4. The summed E-state index contributed by atoms with van der Waals surface area (Å²) in [5.41, 5.74) is -2.93. The highest BCUT2D eigenvalue weighted by molar-refractivity contribution is 5.93. The van der Waals surface area contributed by atoms with E-state index >= 15 is 0 Å². The van der Waals surface area contributed by atoms with E-state index in [2.05, 4.69) is 13.8 Å². The molecule has 0 radical (unpaired) electrons. The van der Waals surface area contributed by atoms with E-state index in [1.165, 1.54) is 0 Å². The molecule has 2 aliphatic carbocycles. The molecule has 1 spiro atoms. The van der Waals surface area contributed by atoms with Crippen molar-refractivity contribution in [2.45, 2.75) is 89.8 Å². The van der Waals surface area contributed by atoms with Gasteiger partial charge < -0.3 is 23.4 Å². The zero-order valence-corrected chi connectivity index (χ0v) is 21.5. The van der Waals surface area contributed by atoms with Gasteiger partial charge in [0.25, 0.3) is 0 Å². The molecule has 8 heteroatoms. The smallest absolute Gasteiger partial charge is 0.339 e. The quantitative estimate of drug-likeness (QED) is 0.426. The third-order valence-electron chi connectivity index (χ3n) is 11.7. The van der Waals surface area contributed by atoms with Crippen LogP contribution >= 0.6 is 0 Å². The Morgan fingerprint density at radius 2 is 1.64 bits per heavy atom. The van der Waals surface area contributed by atoms with Gasteiger partial charge in [-0.05, 0) is 56.9 Å². The lowest BCUT2D eigenvalue weighted by Gasteiger charge is -2.63. The van der Waals surface area contributed by atoms with Crippen molar-refractivity contribution in [3.63, 3.8) is 0 Å². The van der Waals surface area contributed by atoms with Gasteiger partial charge >= 0.3 is 11.9 Å². The Morgan fingerprint density at radius 1 is 0.889 bits per heavy atom. The third-order valence-corrected chi connectivity index (χ3v) is 11.7. The van der Waals surface area contributed by atoms with E-state index in [0.717, 1.165) is 5.56 Å². The largest absolute Gasteiger partial charge is 0.472 e. The summed E-state index contributed by atoms with van der Waals surface area (Å²) in [6.45, 7) is 10.6. The number of hydrogen-bond donors (Lipinski definition) is 0. The second-order valence-electron chi connectivity index (χ2n) is 13.1. The highest BCUT2D eigenvalue weighted by Gasteiger charge is 2.89. The molecule has 5 heterocycles. The molecule has 6 aliphatic rings. The Labute approximate surface area is 210 Å². The number of carbonyl (C=O) groups excluding carboxylic acids is 3. The van der Waals surface area contributed by atoms with Gasteiger partial charge in [0.15, 0.2) is 6.10 Å². The summed E-state index contributed by atoms with van der Waals surface area (Å²) in [6.07, 6.45) is 3.50. The number of hydrogen-bond acceptors (Lipinski definition) is 8. The molecule has 10 unspecified atom stereocenters. The van der Waals surface area contributed by atoms with Gasteiger partial charge in [-0.2, -0.15) is 0 Å². The van der Waals surface area contributed by atoms with Gasteiger partial charge in [0.1, 0.15) is 17.5 Å². The van der Waals surface area contributed by atoms with Gasteiger partial charge in [0, 0.05) is 23.3 Å². The van der Waals surface area contributed by atoms with Crippen LogP contribution in [0.15, 0.2) is 23.0 Å². The summed E-state index contributed by atoms with van der Waals surface area (Å²) in [4.78, 5) is 40.6. The SMILES string of the molecule is CC1(C)OC2CC(=O)OCC3C2C1CC(=O)C1(C)C3(C)CCC2(C)C(c3ccoc3)OC(=O)C3OC321. The molecule has 0 N–H and O–H groups in total. The number of rotatable bonds is 1. The summed E-state index contributed by atoms with van der Waals surface area (Å²) in [5.74, 6) is -0.682. The van der Waals surface area contributed by atoms with E-state index in [-0.39, 0.29) is 48.6 Å². The monoisotopic (exact) mass is 498 g/mol. The van der Waals surface area contributed by atoms with E-state index in [0.29, 0.717) is 19.3 Å². The fourth-order valence-electron chi connectivity index (χ4n) is 9.61. The van der Waals surface area contributed by atoms with Gasteiger partial charge in [-0.1, -0.05) is 13.8 Å². The Balaban J connectivity index is 1.43. The van der Waals surface area contributed by atoms with Gasteiger partial charge in [-0.25, -0.2) is 4.79 Å². The summed E-state index contributed by atoms with van der Waals surface area (Å²) in [5, 5.41) is 0. The molecule has 1 aromatic rings. The summed E-state index contributed by atoms with van der Waals surface area (Å²) in [6, 6.07) is 1.82. The molecule has 4 aliphatic heterocycles. The molecular weight excluding hydrogens is 464 g/mol. The maximum atomic E-state index is 14.7. The second kappa shape index (κ2) is 6.62. The van der Waals surface area contributed by atoms with E-state index < -0.39 is 45.6 Å². The van der Waals surface area contributed by atoms with Gasteiger partial charge in [-0.15, -0.1) is 0 Å². The van der Waals surface area contributed by atoms with E-state index in [9.17, 15) is 14.4 Å². The van der Waals surface area contributed by atoms with E-state index in [1.807, 2.05) is 26.8 Å². The molecule has 0 aromatic carbocycles. The van der Waals surface area contributed by atoms with Crippen molar-refractivity contribution in [1.29, 1.82) is 0 Å². The van der Waals surface area contributed by atoms with Gasteiger partial charge in [0.2, 0.25) is 0 Å². The number of Topliss-reactive ketones (excluding diaryl/α,β-unsaturated/α-hetero) is 1. The van der Waals surface area contributed by atoms with Crippen LogP contribution in [0, 0.1) is 34.0 Å². The molecule has 194 valence electrons. The standard InChI is InChI=1S/C28H34O8/c1-24(2)15-10-18(29)27(5)25(3,16-13-33-19(30)11-17(35-24)20(15)16)7-8-26(4)21(14-6-9-32-12-14)34-23(31)22-28(26,27)36-22/h6,9,12,15-17,20-22H,7-8,10-11,13H2,1-5H3. The predicted octanol–water partition coefficient (Wildman–Crippen LogP) is 3.77. The van der Waals surface area contributed by atoms with Gasteiger partial charge in [0.05, 0.1) is 42.7 Å². The van der Waals surface area contributed by atoms with Crippen LogP contribution in [0.25, 0.3) is 0 Å². The number of epoxide rings is 1. The number of furan rings is 1. The first-order valence-corrected chi connectivity index (χ1v) is 13.2. The molecular formula is C28H34O8. The zero-order chi connectivity index (χ0) is 25.5. The number of cyclic esters (lactones) is 2. The molecule has 8 nitrogen and oxygen atoms in total. The normalized spacial score (nSPS) is 52.5. The Hall–Kier alpha value is -2.19. The molecule has 6 fully saturated rings. The molecule has 2 saturated carbocycles. The fourth-order valence-corrected chi connectivity index (χ4v) is 9.61. The molecule has 1 aromatic heterocycles. The highest BCUT2D eigenvalue weighted by Crippen LogP contribution is 2.79. The highest BCUT2D eigenvalue weighted by atomic mass is 16.7. The first-order valence-electron chi connectivity index (χ1n) is 13.2. The van der Waals surface area contributed by atoms with Crippen LogP contribution < -0.4 is 0 Å². The van der Waals surface area contributed by atoms with Crippen LogP contribution in [0.5, 0.6) is 0 Å². The average Bonchev–Trinajstić information content (AvgIpc) is 3.37. The number of fused-ring (bicyclic) bond motifs is 2. The minimum Gasteiger partial charge on any atom is -0.472 e. The van der Waals surface area contributed by atoms with Crippen LogP contribution in [-0.2, 0) is 33.3 Å².